The van der Waals surface area contributed by atoms with Crippen LogP contribution in [0, 0.1) is 11.8 Å². The molecule has 0 aromatic carbocycles. The first-order chi connectivity index (χ1) is 8.33. The van der Waals surface area contributed by atoms with Gasteiger partial charge < -0.3 is 9.88 Å². The Morgan fingerprint density at radius 2 is 2.12 bits per heavy atom. The molecule has 2 atom stereocenters. The minimum Gasteiger partial charge on any atom is -0.338 e. The highest BCUT2D eigenvalue weighted by atomic mass is 15.0. The van der Waals surface area contributed by atoms with Crippen LogP contribution in [-0.2, 0) is 13.5 Å². The summed E-state index contributed by atoms with van der Waals surface area (Å²) in [5.74, 6) is 2.99. The third-order valence-corrected chi connectivity index (χ3v) is 4.43. The molecule has 2 aliphatic carbocycles. The minimum atomic E-state index is 0.849. The van der Waals surface area contributed by atoms with Crippen LogP contribution in [0.15, 0.2) is 12.4 Å². The van der Waals surface area contributed by atoms with Crippen LogP contribution in [0.25, 0.3) is 0 Å². The molecule has 2 unspecified atom stereocenters. The zero-order valence-electron chi connectivity index (χ0n) is 10.7. The fourth-order valence-electron chi connectivity index (χ4n) is 3.08. The number of hydrogen-bond donors (Lipinski definition) is 1. The number of nitrogens with one attached hydrogen (secondary N) is 1. The first-order valence-corrected chi connectivity index (χ1v) is 7.02. The zero-order chi connectivity index (χ0) is 11.7. The van der Waals surface area contributed by atoms with E-state index in [0.717, 1.165) is 17.9 Å². The molecule has 1 aromatic rings. The van der Waals surface area contributed by atoms with Crippen molar-refractivity contribution in [2.45, 2.75) is 44.6 Å². The lowest BCUT2D eigenvalue weighted by atomic mass is 9.92. The molecule has 94 valence electrons. The number of hydrogen-bond acceptors (Lipinski definition) is 2. The maximum atomic E-state index is 4.46. The van der Waals surface area contributed by atoms with Crippen molar-refractivity contribution in [2.24, 2.45) is 18.9 Å². The Hall–Kier alpha value is -0.830. The Morgan fingerprint density at radius 3 is 2.82 bits per heavy atom. The fourth-order valence-corrected chi connectivity index (χ4v) is 3.08. The Bertz CT molecular complexity index is 367. The van der Waals surface area contributed by atoms with Crippen molar-refractivity contribution >= 4 is 0 Å². The van der Waals surface area contributed by atoms with E-state index in [9.17, 15) is 0 Å². The Morgan fingerprint density at radius 1 is 1.29 bits per heavy atom. The van der Waals surface area contributed by atoms with E-state index in [2.05, 4.69) is 28.1 Å². The standard InChI is InChI=1S/C14H23N3/c1-17-8-7-15-14(17)9-11-3-2-4-12(11)10-16-13-5-6-13/h7-8,11-13,16H,2-6,9-10H2,1H3. The van der Waals surface area contributed by atoms with Crippen LogP contribution in [0.3, 0.4) is 0 Å². The SMILES string of the molecule is Cn1ccnc1CC1CCCC1CNC1CC1. The third kappa shape index (κ3) is 2.71. The molecule has 2 fully saturated rings. The van der Waals surface area contributed by atoms with Crippen LogP contribution in [0.5, 0.6) is 0 Å². The van der Waals surface area contributed by atoms with E-state index < -0.39 is 0 Å². The lowest BCUT2D eigenvalue weighted by Crippen LogP contribution is -2.28. The van der Waals surface area contributed by atoms with Gasteiger partial charge in [0.15, 0.2) is 0 Å². The molecule has 1 heterocycles. The molecule has 3 nitrogen and oxygen atoms in total. The van der Waals surface area contributed by atoms with Gasteiger partial charge in [0.1, 0.15) is 5.82 Å². The van der Waals surface area contributed by atoms with E-state index in [4.69, 9.17) is 0 Å². The van der Waals surface area contributed by atoms with Crippen molar-refractivity contribution in [2.75, 3.05) is 6.54 Å². The second-order valence-corrected chi connectivity index (χ2v) is 5.79. The van der Waals surface area contributed by atoms with E-state index >= 15 is 0 Å². The van der Waals surface area contributed by atoms with E-state index in [-0.39, 0.29) is 0 Å². The molecule has 0 spiro atoms. The summed E-state index contributed by atoms with van der Waals surface area (Å²) in [5.41, 5.74) is 0. The van der Waals surface area contributed by atoms with E-state index in [1.807, 2.05) is 6.20 Å². The Labute approximate surface area is 104 Å². The number of nitrogens with zero attached hydrogens (tertiary/aromatic N) is 2. The van der Waals surface area contributed by atoms with Gasteiger partial charge in [0.05, 0.1) is 0 Å². The average Bonchev–Trinajstić information content (AvgIpc) is 2.92. The average molecular weight is 233 g/mol. The van der Waals surface area contributed by atoms with Crippen molar-refractivity contribution in [3.63, 3.8) is 0 Å². The maximum absolute atomic E-state index is 4.46. The zero-order valence-corrected chi connectivity index (χ0v) is 10.7. The van der Waals surface area contributed by atoms with Gasteiger partial charge >= 0.3 is 0 Å². The third-order valence-electron chi connectivity index (χ3n) is 4.43. The normalized spacial score (nSPS) is 28.8. The van der Waals surface area contributed by atoms with Crippen LogP contribution in [0.2, 0.25) is 0 Å². The van der Waals surface area contributed by atoms with Gasteiger partial charge in [0.25, 0.3) is 0 Å². The number of rotatable bonds is 5. The molecular formula is C14H23N3. The summed E-state index contributed by atoms with van der Waals surface area (Å²) >= 11 is 0. The van der Waals surface area contributed by atoms with E-state index in [1.54, 1.807) is 0 Å². The van der Waals surface area contributed by atoms with Gasteiger partial charge in [0.2, 0.25) is 0 Å². The molecule has 3 heteroatoms. The van der Waals surface area contributed by atoms with Crippen molar-refractivity contribution < 1.29 is 0 Å². The maximum Gasteiger partial charge on any atom is 0.108 e. The van der Waals surface area contributed by atoms with Gasteiger partial charge in [-0.2, -0.15) is 0 Å². The number of aryl methyl sites for hydroxylation is 1. The van der Waals surface area contributed by atoms with Crippen molar-refractivity contribution in [1.82, 2.24) is 14.9 Å². The highest BCUT2D eigenvalue weighted by Gasteiger charge is 2.30. The molecule has 0 saturated heterocycles. The summed E-state index contributed by atoms with van der Waals surface area (Å²) in [4.78, 5) is 4.46. The second kappa shape index (κ2) is 4.81. The molecule has 0 aliphatic heterocycles. The van der Waals surface area contributed by atoms with Gasteiger partial charge in [-0.25, -0.2) is 4.98 Å². The molecule has 1 N–H and O–H groups in total. The summed E-state index contributed by atoms with van der Waals surface area (Å²) in [6.45, 7) is 1.24. The smallest absolute Gasteiger partial charge is 0.108 e. The van der Waals surface area contributed by atoms with Crippen LogP contribution in [0.1, 0.15) is 37.9 Å². The summed E-state index contributed by atoms with van der Waals surface area (Å²) in [5, 5.41) is 3.70. The van der Waals surface area contributed by atoms with Gasteiger partial charge in [-0.05, 0) is 44.1 Å². The summed E-state index contributed by atoms with van der Waals surface area (Å²) in [6.07, 6.45) is 12.2. The van der Waals surface area contributed by atoms with Crippen LogP contribution < -0.4 is 5.32 Å². The van der Waals surface area contributed by atoms with Crippen molar-refractivity contribution in [3.8, 4) is 0 Å². The molecule has 0 bridgehead atoms. The lowest BCUT2D eigenvalue weighted by molar-refractivity contribution is 0.356. The quantitative estimate of drug-likeness (QED) is 0.844. The summed E-state index contributed by atoms with van der Waals surface area (Å²) in [7, 11) is 2.11. The largest absolute Gasteiger partial charge is 0.338 e. The molecule has 17 heavy (non-hydrogen) atoms. The van der Waals surface area contributed by atoms with Gasteiger partial charge in [-0.3, -0.25) is 0 Å². The Kier molecular flexibility index (Phi) is 3.19. The second-order valence-electron chi connectivity index (χ2n) is 5.79. The highest BCUT2D eigenvalue weighted by Crippen LogP contribution is 2.34. The molecule has 2 aliphatic rings. The Balaban J connectivity index is 1.55. The monoisotopic (exact) mass is 233 g/mol. The lowest BCUT2D eigenvalue weighted by Gasteiger charge is -2.19. The number of imidazole rings is 1. The van der Waals surface area contributed by atoms with E-state index in [0.29, 0.717) is 0 Å². The highest BCUT2D eigenvalue weighted by molar-refractivity contribution is 4.96. The minimum absolute atomic E-state index is 0.849. The summed E-state index contributed by atoms with van der Waals surface area (Å²) < 4.78 is 2.17. The van der Waals surface area contributed by atoms with Gasteiger partial charge in [-0.1, -0.05) is 6.42 Å². The molecule has 2 saturated carbocycles. The first-order valence-electron chi connectivity index (χ1n) is 7.02. The molecule has 0 amide bonds. The molecular weight excluding hydrogens is 210 g/mol. The molecule has 0 radical (unpaired) electrons. The summed E-state index contributed by atoms with van der Waals surface area (Å²) in [6, 6.07) is 0.851. The predicted molar refractivity (Wildman–Crippen MR) is 68.8 cm³/mol. The molecule has 3 rings (SSSR count). The van der Waals surface area contributed by atoms with Crippen LogP contribution in [0.4, 0.5) is 0 Å². The number of aromatic nitrogens is 2. The van der Waals surface area contributed by atoms with Crippen LogP contribution in [-0.4, -0.2) is 22.1 Å². The molecule has 1 aromatic heterocycles. The topological polar surface area (TPSA) is 29.9 Å². The fraction of sp³-hybridized carbons (Fsp3) is 0.786. The van der Waals surface area contributed by atoms with Gasteiger partial charge in [0, 0.05) is 31.9 Å². The van der Waals surface area contributed by atoms with E-state index in [1.165, 1.54) is 50.9 Å². The van der Waals surface area contributed by atoms with Gasteiger partial charge in [-0.15, -0.1) is 0 Å². The van der Waals surface area contributed by atoms with Crippen molar-refractivity contribution in [1.29, 1.82) is 0 Å². The van der Waals surface area contributed by atoms with Crippen molar-refractivity contribution in [3.05, 3.63) is 18.2 Å². The first kappa shape index (κ1) is 11.3. The predicted octanol–water partition coefficient (Wildman–Crippen LogP) is 2.13. The van der Waals surface area contributed by atoms with Crippen LogP contribution >= 0.6 is 0 Å².